The molecule has 1 atom stereocenters. The van der Waals surface area contributed by atoms with Crippen LogP contribution in [0.2, 0.25) is 0 Å². The molecule has 4 nitrogen and oxygen atoms in total. The number of nitrogens with zero attached hydrogens (tertiary/aromatic N) is 1. The molecule has 1 rings (SSSR count). The standard InChI is InChI=1S/C13H17N3O/c1-10(8-15-2)9-16-13(17)12-5-3-4-11(6-12)7-14/h3-6,10,15H,8-9H2,1-2H3,(H,16,17). The molecule has 0 saturated heterocycles. The van der Waals surface area contributed by atoms with E-state index in [4.69, 9.17) is 5.26 Å². The smallest absolute Gasteiger partial charge is 0.251 e. The number of hydrogen-bond donors (Lipinski definition) is 2. The van der Waals surface area contributed by atoms with E-state index in [0.29, 0.717) is 23.6 Å². The van der Waals surface area contributed by atoms with Crippen LogP contribution in [-0.2, 0) is 0 Å². The topological polar surface area (TPSA) is 64.9 Å². The highest BCUT2D eigenvalue weighted by molar-refractivity contribution is 5.94. The fourth-order valence-electron chi connectivity index (χ4n) is 1.52. The molecule has 0 radical (unpaired) electrons. The van der Waals surface area contributed by atoms with E-state index < -0.39 is 0 Å². The maximum absolute atomic E-state index is 11.8. The van der Waals surface area contributed by atoms with Crippen molar-refractivity contribution in [3.05, 3.63) is 35.4 Å². The van der Waals surface area contributed by atoms with Crippen molar-refractivity contribution >= 4 is 5.91 Å². The Morgan fingerprint density at radius 3 is 2.88 bits per heavy atom. The lowest BCUT2D eigenvalue weighted by Crippen LogP contribution is -2.32. The minimum absolute atomic E-state index is 0.134. The van der Waals surface area contributed by atoms with Crippen molar-refractivity contribution in [3.63, 3.8) is 0 Å². The van der Waals surface area contributed by atoms with Gasteiger partial charge in [-0.25, -0.2) is 0 Å². The van der Waals surface area contributed by atoms with Crippen LogP contribution in [0.1, 0.15) is 22.8 Å². The number of benzene rings is 1. The van der Waals surface area contributed by atoms with Crippen LogP contribution in [0.5, 0.6) is 0 Å². The average molecular weight is 231 g/mol. The first-order chi connectivity index (χ1) is 8.17. The molecule has 0 aliphatic carbocycles. The van der Waals surface area contributed by atoms with Gasteiger partial charge in [-0.05, 0) is 37.7 Å². The molecule has 0 fully saturated rings. The molecule has 1 aromatic carbocycles. The second-order valence-electron chi connectivity index (χ2n) is 4.07. The minimum Gasteiger partial charge on any atom is -0.352 e. The molecule has 0 spiro atoms. The number of hydrogen-bond acceptors (Lipinski definition) is 3. The molecule has 2 N–H and O–H groups in total. The van der Waals surface area contributed by atoms with E-state index in [2.05, 4.69) is 17.6 Å². The van der Waals surface area contributed by atoms with Gasteiger partial charge < -0.3 is 10.6 Å². The Kier molecular flexibility index (Phi) is 5.18. The first-order valence-electron chi connectivity index (χ1n) is 5.60. The quantitative estimate of drug-likeness (QED) is 0.798. The molecule has 1 unspecified atom stereocenters. The number of carbonyl (C=O) groups excluding carboxylic acids is 1. The highest BCUT2D eigenvalue weighted by Gasteiger charge is 2.07. The first-order valence-corrected chi connectivity index (χ1v) is 5.60. The van der Waals surface area contributed by atoms with Gasteiger partial charge in [-0.2, -0.15) is 5.26 Å². The van der Waals surface area contributed by atoms with Crippen molar-refractivity contribution in [3.8, 4) is 6.07 Å². The van der Waals surface area contributed by atoms with Gasteiger partial charge in [0.2, 0.25) is 0 Å². The predicted octanol–water partition coefficient (Wildman–Crippen LogP) is 1.14. The third kappa shape index (κ3) is 4.25. The van der Waals surface area contributed by atoms with E-state index in [-0.39, 0.29) is 5.91 Å². The summed E-state index contributed by atoms with van der Waals surface area (Å²) in [6.07, 6.45) is 0. The van der Waals surface area contributed by atoms with E-state index in [1.54, 1.807) is 24.3 Å². The van der Waals surface area contributed by atoms with Crippen molar-refractivity contribution < 1.29 is 4.79 Å². The number of nitriles is 1. The summed E-state index contributed by atoms with van der Waals surface area (Å²) in [5.41, 5.74) is 1.03. The number of nitrogens with one attached hydrogen (secondary N) is 2. The van der Waals surface area contributed by atoms with E-state index in [1.807, 2.05) is 13.1 Å². The van der Waals surface area contributed by atoms with Gasteiger partial charge in [0.25, 0.3) is 5.91 Å². The first kappa shape index (κ1) is 13.2. The average Bonchev–Trinajstić information content (AvgIpc) is 2.36. The number of rotatable bonds is 5. The fourth-order valence-corrected chi connectivity index (χ4v) is 1.52. The Balaban J connectivity index is 2.55. The molecule has 4 heteroatoms. The lowest BCUT2D eigenvalue weighted by molar-refractivity contribution is 0.0948. The third-order valence-electron chi connectivity index (χ3n) is 2.42. The second kappa shape index (κ2) is 6.66. The molecular weight excluding hydrogens is 214 g/mol. The molecule has 17 heavy (non-hydrogen) atoms. The van der Waals surface area contributed by atoms with Crippen molar-refractivity contribution in [2.45, 2.75) is 6.92 Å². The minimum atomic E-state index is -0.134. The van der Waals surface area contributed by atoms with E-state index in [1.165, 1.54) is 0 Å². The van der Waals surface area contributed by atoms with Gasteiger partial charge in [0.05, 0.1) is 11.6 Å². The zero-order valence-electron chi connectivity index (χ0n) is 10.2. The highest BCUT2D eigenvalue weighted by Crippen LogP contribution is 2.04. The van der Waals surface area contributed by atoms with E-state index in [0.717, 1.165) is 6.54 Å². The lowest BCUT2D eigenvalue weighted by Gasteiger charge is -2.11. The molecule has 0 bridgehead atoms. The molecule has 0 aromatic heterocycles. The maximum atomic E-state index is 11.8. The van der Waals surface area contributed by atoms with Crippen LogP contribution < -0.4 is 10.6 Å². The van der Waals surface area contributed by atoms with Crippen LogP contribution in [0.4, 0.5) is 0 Å². The van der Waals surface area contributed by atoms with Gasteiger partial charge >= 0.3 is 0 Å². The summed E-state index contributed by atoms with van der Waals surface area (Å²) in [6, 6.07) is 8.71. The zero-order chi connectivity index (χ0) is 12.7. The molecule has 0 heterocycles. The molecule has 1 amide bonds. The van der Waals surface area contributed by atoms with Crippen LogP contribution >= 0.6 is 0 Å². The fraction of sp³-hybridized carbons (Fsp3) is 0.385. The summed E-state index contributed by atoms with van der Waals surface area (Å²) in [7, 11) is 1.88. The number of amides is 1. The molecule has 1 aromatic rings. The van der Waals surface area contributed by atoms with Crippen molar-refractivity contribution in [1.29, 1.82) is 5.26 Å². The van der Waals surface area contributed by atoms with Gasteiger partial charge in [0, 0.05) is 12.1 Å². The molecule has 0 aliphatic heterocycles. The van der Waals surface area contributed by atoms with Crippen LogP contribution in [-0.4, -0.2) is 26.0 Å². The normalized spacial score (nSPS) is 11.6. The molecule has 90 valence electrons. The summed E-state index contributed by atoms with van der Waals surface area (Å²) >= 11 is 0. The van der Waals surface area contributed by atoms with Gasteiger partial charge in [-0.15, -0.1) is 0 Å². The van der Waals surface area contributed by atoms with Crippen LogP contribution in [0.25, 0.3) is 0 Å². The third-order valence-corrected chi connectivity index (χ3v) is 2.42. The Morgan fingerprint density at radius 1 is 1.47 bits per heavy atom. The summed E-state index contributed by atoms with van der Waals surface area (Å²) < 4.78 is 0. The zero-order valence-corrected chi connectivity index (χ0v) is 10.2. The van der Waals surface area contributed by atoms with Gasteiger partial charge in [-0.3, -0.25) is 4.79 Å². The van der Waals surface area contributed by atoms with Gasteiger partial charge in [0.1, 0.15) is 0 Å². The number of carbonyl (C=O) groups is 1. The van der Waals surface area contributed by atoms with E-state index >= 15 is 0 Å². The Labute approximate surface area is 102 Å². The molecular formula is C13H17N3O. The van der Waals surface area contributed by atoms with Gasteiger partial charge in [-0.1, -0.05) is 13.0 Å². The molecule has 0 aliphatic rings. The Hall–Kier alpha value is -1.86. The predicted molar refractivity (Wildman–Crippen MR) is 66.6 cm³/mol. The van der Waals surface area contributed by atoms with Crippen LogP contribution in [0.15, 0.2) is 24.3 Å². The van der Waals surface area contributed by atoms with Crippen LogP contribution in [0, 0.1) is 17.2 Å². The summed E-state index contributed by atoms with van der Waals surface area (Å²) in [4.78, 5) is 11.8. The molecule has 0 saturated carbocycles. The SMILES string of the molecule is CNCC(C)CNC(=O)c1cccc(C#N)c1. The Bertz CT molecular complexity index is 423. The monoisotopic (exact) mass is 231 g/mol. The summed E-state index contributed by atoms with van der Waals surface area (Å²) in [6.45, 7) is 3.54. The van der Waals surface area contributed by atoms with Crippen molar-refractivity contribution in [2.75, 3.05) is 20.1 Å². The van der Waals surface area contributed by atoms with Crippen molar-refractivity contribution in [2.24, 2.45) is 5.92 Å². The maximum Gasteiger partial charge on any atom is 0.251 e. The lowest BCUT2D eigenvalue weighted by atomic mass is 10.1. The summed E-state index contributed by atoms with van der Waals surface area (Å²) in [5, 5.41) is 14.6. The second-order valence-corrected chi connectivity index (χ2v) is 4.07. The summed E-state index contributed by atoms with van der Waals surface area (Å²) in [5.74, 6) is 0.244. The van der Waals surface area contributed by atoms with Crippen LogP contribution in [0.3, 0.4) is 0 Å². The van der Waals surface area contributed by atoms with E-state index in [9.17, 15) is 4.79 Å². The van der Waals surface area contributed by atoms with Gasteiger partial charge in [0.15, 0.2) is 0 Å². The highest BCUT2D eigenvalue weighted by atomic mass is 16.1. The Morgan fingerprint density at radius 2 is 2.24 bits per heavy atom. The largest absolute Gasteiger partial charge is 0.352 e. The van der Waals surface area contributed by atoms with Crippen molar-refractivity contribution in [1.82, 2.24) is 10.6 Å².